The lowest BCUT2D eigenvalue weighted by molar-refractivity contribution is 0.123. The van der Waals surface area contributed by atoms with Crippen LogP contribution >= 0.6 is 0 Å². The van der Waals surface area contributed by atoms with E-state index in [9.17, 15) is 0 Å². The van der Waals surface area contributed by atoms with Gasteiger partial charge >= 0.3 is 0 Å². The van der Waals surface area contributed by atoms with Crippen LogP contribution in [0.2, 0.25) is 0 Å². The summed E-state index contributed by atoms with van der Waals surface area (Å²) in [6.45, 7) is 4.54. The first-order valence-corrected chi connectivity index (χ1v) is 5.66. The van der Waals surface area contributed by atoms with E-state index in [-0.39, 0.29) is 19.3 Å². The molecule has 84 valence electrons. The third-order valence-corrected chi connectivity index (χ3v) is 3.41. The Labute approximate surface area is 86.5 Å². The molecule has 1 aliphatic rings. The van der Waals surface area contributed by atoms with Crippen LogP contribution < -0.4 is 5.32 Å². The van der Waals surface area contributed by atoms with Gasteiger partial charge in [0, 0.05) is 6.04 Å². The van der Waals surface area contributed by atoms with Gasteiger partial charge in [0.25, 0.3) is 0 Å². The Balaban J connectivity index is 2.46. The Kier molecular flexibility index (Phi) is 4.85. The second-order valence-corrected chi connectivity index (χ2v) is 4.64. The Morgan fingerprint density at radius 3 is 2.07 bits per heavy atom. The van der Waals surface area contributed by atoms with Gasteiger partial charge in [-0.3, -0.25) is 0 Å². The highest BCUT2D eigenvalue weighted by molar-refractivity contribution is 4.85. The van der Waals surface area contributed by atoms with Crippen LogP contribution in [0.5, 0.6) is 0 Å². The van der Waals surface area contributed by atoms with E-state index >= 15 is 0 Å². The summed E-state index contributed by atoms with van der Waals surface area (Å²) in [6.07, 6.45) is 3.82. The van der Waals surface area contributed by atoms with Crippen molar-refractivity contribution in [3.05, 3.63) is 0 Å². The lowest BCUT2D eigenvalue weighted by Crippen LogP contribution is -2.50. The zero-order valence-electron chi connectivity index (χ0n) is 9.24. The Morgan fingerprint density at radius 2 is 1.64 bits per heavy atom. The summed E-state index contributed by atoms with van der Waals surface area (Å²) in [4.78, 5) is 0. The van der Waals surface area contributed by atoms with E-state index in [1.54, 1.807) is 0 Å². The zero-order chi connectivity index (χ0) is 10.6. The summed E-state index contributed by atoms with van der Waals surface area (Å²) in [5, 5.41) is 21.4. The fourth-order valence-corrected chi connectivity index (χ4v) is 2.45. The van der Waals surface area contributed by atoms with Crippen molar-refractivity contribution in [3.8, 4) is 0 Å². The van der Waals surface area contributed by atoms with E-state index in [1.165, 1.54) is 19.3 Å². The number of aliphatic hydroxyl groups is 2. The van der Waals surface area contributed by atoms with E-state index in [2.05, 4.69) is 19.2 Å². The molecule has 1 saturated carbocycles. The van der Waals surface area contributed by atoms with Crippen molar-refractivity contribution in [2.75, 3.05) is 13.2 Å². The maximum absolute atomic E-state index is 9.01. The maximum Gasteiger partial charge on any atom is 0.0607 e. The Morgan fingerprint density at radius 1 is 1.14 bits per heavy atom. The minimum atomic E-state index is -0.150. The molecule has 0 aromatic rings. The maximum atomic E-state index is 9.01. The summed E-state index contributed by atoms with van der Waals surface area (Å²) in [5.74, 6) is 1.30. The van der Waals surface area contributed by atoms with Gasteiger partial charge in [-0.15, -0.1) is 0 Å². The monoisotopic (exact) mass is 201 g/mol. The SMILES string of the molecule is C[C@@H]1CCC[C@@H](C)C1NC(CO)CO. The molecule has 14 heavy (non-hydrogen) atoms. The molecule has 3 heteroatoms. The van der Waals surface area contributed by atoms with Crippen molar-refractivity contribution < 1.29 is 10.2 Å². The molecule has 2 atom stereocenters. The van der Waals surface area contributed by atoms with E-state index in [0.29, 0.717) is 17.9 Å². The van der Waals surface area contributed by atoms with Gasteiger partial charge in [-0.1, -0.05) is 20.3 Å². The lowest BCUT2D eigenvalue weighted by atomic mass is 9.78. The minimum absolute atomic E-state index is 0.0203. The molecule has 1 aliphatic carbocycles. The second kappa shape index (κ2) is 5.69. The van der Waals surface area contributed by atoms with Crippen molar-refractivity contribution in [3.63, 3.8) is 0 Å². The molecule has 1 fully saturated rings. The summed E-state index contributed by atoms with van der Waals surface area (Å²) in [7, 11) is 0. The van der Waals surface area contributed by atoms with E-state index in [4.69, 9.17) is 10.2 Å². The summed E-state index contributed by atoms with van der Waals surface area (Å²) >= 11 is 0. The standard InChI is InChI=1S/C11H23NO2/c1-8-4-3-5-9(2)11(8)12-10(6-13)7-14/h8-14H,3-7H2,1-2H3/t8-,9-/m1/s1. The van der Waals surface area contributed by atoms with Crippen LogP contribution in [0.4, 0.5) is 0 Å². The average Bonchev–Trinajstić information content (AvgIpc) is 2.18. The van der Waals surface area contributed by atoms with Gasteiger partial charge in [0.05, 0.1) is 19.3 Å². The molecule has 0 radical (unpaired) electrons. The molecular formula is C11H23NO2. The first-order valence-electron chi connectivity index (χ1n) is 5.66. The third kappa shape index (κ3) is 2.94. The highest BCUT2D eigenvalue weighted by Crippen LogP contribution is 2.28. The molecule has 0 aromatic carbocycles. The molecule has 0 aliphatic heterocycles. The van der Waals surface area contributed by atoms with Crippen molar-refractivity contribution in [1.29, 1.82) is 0 Å². The summed E-state index contributed by atoms with van der Waals surface area (Å²) in [6, 6.07) is 0.302. The highest BCUT2D eigenvalue weighted by Gasteiger charge is 2.28. The second-order valence-electron chi connectivity index (χ2n) is 4.64. The zero-order valence-corrected chi connectivity index (χ0v) is 9.24. The number of nitrogens with one attached hydrogen (secondary N) is 1. The predicted molar refractivity (Wildman–Crippen MR) is 57.1 cm³/mol. The molecule has 0 unspecified atom stereocenters. The number of aliphatic hydroxyl groups excluding tert-OH is 2. The first kappa shape index (κ1) is 12.0. The average molecular weight is 201 g/mol. The van der Waals surface area contributed by atoms with Gasteiger partial charge in [0.2, 0.25) is 0 Å². The van der Waals surface area contributed by atoms with Crippen LogP contribution in [-0.4, -0.2) is 35.5 Å². The highest BCUT2D eigenvalue weighted by atomic mass is 16.3. The van der Waals surface area contributed by atoms with Gasteiger partial charge < -0.3 is 15.5 Å². The summed E-state index contributed by atoms with van der Waals surface area (Å²) < 4.78 is 0. The molecule has 1 rings (SSSR count). The van der Waals surface area contributed by atoms with Gasteiger partial charge in [-0.05, 0) is 24.7 Å². The number of hydrogen-bond acceptors (Lipinski definition) is 3. The molecular weight excluding hydrogens is 178 g/mol. The van der Waals surface area contributed by atoms with Crippen LogP contribution in [0.25, 0.3) is 0 Å². The first-order chi connectivity index (χ1) is 6.69. The lowest BCUT2D eigenvalue weighted by Gasteiger charge is -2.37. The third-order valence-electron chi connectivity index (χ3n) is 3.41. The summed E-state index contributed by atoms with van der Waals surface area (Å²) in [5.41, 5.74) is 0. The van der Waals surface area contributed by atoms with Crippen molar-refractivity contribution in [1.82, 2.24) is 5.32 Å². The smallest absolute Gasteiger partial charge is 0.0607 e. The van der Waals surface area contributed by atoms with Crippen LogP contribution in [0.15, 0.2) is 0 Å². The van der Waals surface area contributed by atoms with E-state index < -0.39 is 0 Å². The molecule has 3 nitrogen and oxygen atoms in total. The Bertz CT molecular complexity index is 149. The normalized spacial score (nSPS) is 29.8. The fourth-order valence-electron chi connectivity index (χ4n) is 2.45. The quantitative estimate of drug-likeness (QED) is 0.629. The van der Waals surface area contributed by atoms with Gasteiger partial charge in [0.1, 0.15) is 0 Å². The molecule has 3 N–H and O–H groups in total. The van der Waals surface area contributed by atoms with Crippen LogP contribution in [-0.2, 0) is 0 Å². The van der Waals surface area contributed by atoms with E-state index in [1.807, 2.05) is 0 Å². The molecule has 0 aromatic heterocycles. The van der Waals surface area contributed by atoms with Crippen LogP contribution in [0.3, 0.4) is 0 Å². The topological polar surface area (TPSA) is 52.5 Å². The van der Waals surface area contributed by atoms with Crippen molar-refractivity contribution in [2.45, 2.75) is 45.2 Å². The molecule has 0 saturated heterocycles. The Hall–Kier alpha value is -0.120. The van der Waals surface area contributed by atoms with Gasteiger partial charge in [-0.2, -0.15) is 0 Å². The van der Waals surface area contributed by atoms with Gasteiger partial charge in [-0.25, -0.2) is 0 Å². The van der Waals surface area contributed by atoms with Crippen LogP contribution in [0.1, 0.15) is 33.1 Å². The minimum Gasteiger partial charge on any atom is -0.395 e. The van der Waals surface area contributed by atoms with Crippen molar-refractivity contribution in [2.24, 2.45) is 11.8 Å². The molecule has 0 amide bonds. The molecule has 0 spiro atoms. The molecule has 0 bridgehead atoms. The fraction of sp³-hybridized carbons (Fsp3) is 1.00. The largest absolute Gasteiger partial charge is 0.395 e. The predicted octanol–water partition coefficient (Wildman–Crippen LogP) is 0.754. The number of rotatable bonds is 4. The van der Waals surface area contributed by atoms with Gasteiger partial charge in [0.15, 0.2) is 0 Å². The van der Waals surface area contributed by atoms with E-state index in [0.717, 1.165) is 0 Å². The van der Waals surface area contributed by atoms with Crippen molar-refractivity contribution >= 4 is 0 Å². The van der Waals surface area contributed by atoms with Crippen LogP contribution in [0, 0.1) is 11.8 Å². The number of hydrogen-bond donors (Lipinski definition) is 3. The molecule has 0 heterocycles.